The van der Waals surface area contributed by atoms with E-state index in [1.807, 2.05) is 0 Å². The number of carbonyl (C=O) groups excluding carboxylic acids is 2. The van der Waals surface area contributed by atoms with Crippen LogP contribution in [0.3, 0.4) is 0 Å². The summed E-state index contributed by atoms with van der Waals surface area (Å²) in [6, 6.07) is 2.93. The van der Waals surface area contributed by atoms with Crippen molar-refractivity contribution in [2.24, 2.45) is 5.73 Å². The minimum atomic E-state index is -0.617. The zero-order valence-corrected chi connectivity index (χ0v) is 9.92. The normalized spacial score (nSPS) is 9.94. The molecule has 1 rings (SSSR count). The fourth-order valence-electron chi connectivity index (χ4n) is 1.05. The van der Waals surface area contributed by atoms with Crippen LogP contribution in [0.5, 0.6) is 0 Å². The summed E-state index contributed by atoms with van der Waals surface area (Å²) in [7, 11) is 1.42. The summed E-state index contributed by atoms with van der Waals surface area (Å²) >= 11 is 11.4. The summed E-state index contributed by atoms with van der Waals surface area (Å²) in [5.74, 6) is -1.12. The molecule has 1 aromatic heterocycles. The summed E-state index contributed by atoms with van der Waals surface area (Å²) < 4.78 is 0. The SMILES string of the molecule is CN(CC(N)=O)C(=O)c1nc(Cl)ccc1Cl. The predicted octanol–water partition coefficient (Wildman–Crippen LogP) is 0.946. The Kier molecular flexibility index (Phi) is 4.09. The summed E-state index contributed by atoms with van der Waals surface area (Å²) in [6.07, 6.45) is 0. The van der Waals surface area contributed by atoms with Gasteiger partial charge >= 0.3 is 0 Å². The fraction of sp³-hybridized carbons (Fsp3) is 0.222. The first-order valence-electron chi connectivity index (χ1n) is 4.27. The van der Waals surface area contributed by atoms with E-state index in [1.165, 1.54) is 19.2 Å². The Bertz CT molecular complexity index is 437. The maximum Gasteiger partial charge on any atom is 0.274 e. The van der Waals surface area contributed by atoms with Gasteiger partial charge in [0.2, 0.25) is 5.91 Å². The van der Waals surface area contributed by atoms with Crippen molar-refractivity contribution < 1.29 is 9.59 Å². The number of pyridine rings is 1. The van der Waals surface area contributed by atoms with Crippen molar-refractivity contribution in [2.75, 3.05) is 13.6 Å². The number of hydrogen-bond donors (Lipinski definition) is 1. The molecule has 86 valence electrons. The first-order valence-corrected chi connectivity index (χ1v) is 5.03. The number of halogens is 2. The molecule has 0 aliphatic carbocycles. The zero-order chi connectivity index (χ0) is 12.3. The maximum atomic E-state index is 11.8. The second-order valence-corrected chi connectivity index (χ2v) is 3.89. The molecule has 0 saturated heterocycles. The molecule has 16 heavy (non-hydrogen) atoms. The van der Waals surface area contributed by atoms with Crippen LogP contribution in [0.2, 0.25) is 10.2 Å². The van der Waals surface area contributed by atoms with E-state index in [0.29, 0.717) is 0 Å². The lowest BCUT2D eigenvalue weighted by Gasteiger charge is -2.15. The minimum Gasteiger partial charge on any atom is -0.368 e. The van der Waals surface area contributed by atoms with Gasteiger partial charge < -0.3 is 10.6 Å². The number of aromatic nitrogens is 1. The first kappa shape index (κ1) is 12.7. The smallest absolute Gasteiger partial charge is 0.274 e. The Morgan fingerprint density at radius 1 is 1.44 bits per heavy atom. The Hall–Kier alpha value is -1.33. The quantitative estimate of drug-likeness (QED) is 0.824. The summed E-state index contributed by atoms with van der Waals surface area (Å²) in [5, 5.41) is 0.325. The summed E-state index contributed by atoms with van der Waals surface area (Å²) in [6.45, 7) is -0.205. The summed E-state index contributed by atoms with van der Waals surface area (Å²) in [5.41, 5.74) is 4.96. The van der Waals surface area contributed by atoms with E-state index in [2.05, 4.69) is 4.98 Å². The van der Waals surface area contributed by atoms with E-state index in [1.54, 1.807) is 0 Å². The van der Waals surface area contributed by atoms with Gasteiger partial charge in [0, 0.05) is 7.05 Å². The average Bonchev–Trinajstić information content (AvgIpc) is 2.19. The number of primary amides is 1. The number of carbonyl (C=O) groups is 2. The number of likely N-dealkylation sites (N-methyl/N-ethyl adjacent to an activating group) is 1. The van der Waals surface area contributed by atoms with Crippen LogP contribution in [0, 0.1) is 0 Å². The van der Waals surface area contributed by atoms with Crippen molar-refractivity contribution in [3.63, 3.8) is 0 Å². The molecule has 0 unspecified atom stereocenters. The predicted molar refractivity (Wildman–Crippen MR) is 60.4 cm³/mol. The highest BCUT2D eigenvalue weighted by atomic mass is 35.5. The molecule has 0 spiro atoms. The van der Waals surface area contributed by atoms with Crippen molar-refractivity contribution in [1.82, 2.24) is 9.88 Å². The van der Waals surface area contributed by atoms with Gasteiger partial charge in [-0.3, -0.25) is 9.59 Å². The lowest BCUT2D eigenvalue weighted by molar-refractivity contribution is -0.118. The van der Waals surface area contributed by atoms with Gasteiger partial charge in [-0.15, -0.1) is 0 Å². The van der Waals surface area contributed by atoms with Crippen LogP contribution in [-0.2, 0) is 4.79 Å². The Labute approximate surface area is 102 Å². The number of rotatable bonds is 3. The average molecular weight is 262 g/mol. The van der Waals surface area contributed by atoms with Crippen LogP contribution >= 0.6 is 23.2 Å². The Morgan fingerprint density at radius 3 is 2.62 bits per heavy atom. The van der Waals surface area contributed by atoms with Crippen molar-refractivity contribution in [3.05, 3.63) is 28.0 Å². The molecule has 1 heterocycles. The minimum absolute atomic E-state index is 0.00193. The van der Waals surface area contributed by atoms with E-state index in [9.17, 15) is 9.59 Å². The third kappa shape index (κ3) is 3.08. The molecule has 0 bridgehead atoms. The number of nitrogens with two attached hydrogens (primary N) is 1. The van der Waals surface area contributed by atoms with E-state index < -0.39 is 11.8 Å². The molecule has 0 saturated carbocycles. The van der Waals surface area contributed by atoms with Gasteiger partial charge in [-0.2, -0.15) is 0 Å². The highest BCUT2D eigenvalue weighted by Crippen LogP contribution is 2.17. The molecule has 2 amide bonds. The van der Waals surface area contributed by atoms with Crippen LogP contribution in [-0.4, -0.2) is 35.3 Å². The van der Waals surface area contributed by atoms with Crippen LogP contribution < -0.4 is 5.73 Å². The molecule has 0 fully saturated rings. The molecule has 7 heteroatoms. The van der Waals surface area contributed by atoms with Crippen LogP contribution in [0.15, 0.2) is 12.1 Å². The Morgan fingerprint density at radius 2 is 2.06 bits per heavy atom. The topological polar surface area (TPSA) is 76.3 Å². The van der Waals surface area contributed by atoms with Gasteiger partial charge in [0.15, 0.2) is 0 Å². The number of hydrogen-bond acceptors (Lipinski definition) is 3. The summed E-state index contributed by atoms with van der Waals surface area (Å²) in [4.78, 5) is 27.3. The van der Waals surface area contributed by atoms with E-state index in [4.69, 9.17) is 28.9 Å². The van der Waals surface area contributed by atoms with E-state index >= 15 is 0 Å². The molecule has 0 aliphatic heterocycles. The maximum absolute atomic E-state index is 11.8. The lowest BCUT2D eigenvalue weighted by Crippen LogP contribution is -2.35. The molecule has 0 radical (unpaired) electrons. The van der Waals surface area contributed by atoms with Gasteiger partial charge in [-0.25, -0.2) is 4.98 Å². The molecule has 0 aromatic carbocycles. The molecule has 1 aromatic rings. The molecule has 0 atom stereocenters. The highest BCUT2D eigenvalue weighted by Gasteiger charge is 2.18. The van der Waals surface area contributed by atoms with Gasteiger partial charge in [-0.1, -0.05) is 23.2 Å². The van der Waals surface area contributed by atoms with Crippen molar-refractivity contribution in [2.45, 2.75) is 0 Å². The van der Waals surface area contributed by atoms with Gasteiger partial charge in [-0.05, 0) is 12.1 Å². The van der Waals surface area contributed by atoms with Gasteiger partial charge in [0.05, 0.1) is 11.6 Å². The standard InChI is InChI=1S/C9H9Cl2N3O2/c1-14(4-7(12)15)9(16)8-5(10)2-3-6(11)13-8/h2-3H,4H2,1H3,(H2,12,15). The third-order valence-corrected chi connectivity index (χ3v) is 2.27. The molecule has 2 N–H and O–H groups in total. The first-order chi connectivity index (χ1) is 7.41. The number of amides is 2. The second kappa shape index (κ2) is 5.14. The van der Waals surface area contributed by atoms with E-state index in [0.717, 1.165) is 4.90 Å². The monoisotopic (exact) mass is 261 g/mol. The van der Waals surface area contributed by atoms with Crippen LogP contribution in [0.25, 0.3) is 0 Å². The molecular weight excluding hydrogens is 253 g/mol. The van der Waals surface area contributed by atoms with Gasteiger partial charge in [0.25, 0.3) is 5.91 Å². The molecular formula is C9H9Cl2N3O2. The molecule has 0 aliphatic rings. The van der Waals surface area contributed by atoms with Crippen molar-refractivity contribution in [3.8, 4) is 0 Å². The van der Waals surface area contributed by atoms with Gasteiger partial charge in [0.1, 0.15) is 10.8 Å². The highest BCUT2D eigenvalue weighted by molar-refractivity contribution is 6.34. The fourth-order valence-corrected chi connectivity index (χ4v) is 1.39. The van der Waals surface area contributed by atoms with Crippen molar-refractivity contribution in [1.29, 1.82) is 0 Å². The van der Waals surface area contributed by atoms with E-state index in [-0.39, 0.29) is 22.4 Å². The molecule has 5 nitrogen and oxygen atoms in total. The lowest BCUT2D eigenvalue weighted by atomic mass is 10.3. The van der Waals surface area contributed by atoms with Crippen LogP contribution in [0.1, 0.15) is 10.5 Å². The third-order valence-electron chi connectivity index (χ3n) is 1.75. The van der Waals surface area contributed by atoms with Crippen molar-refractivity contribution >= 4 is 35.0 Å². The number of nitrogens with zero attached hydrogens (tertiary/aromatic N) is 2. The largest absolute Gasteiger partial charge is 0.368 e. The Balaban J connectivity index is 2.95. The zero-order valence-electron chi connectivity index (χ0n) is 8.41. The van der Waals surface area contributed by atoms with Crippen LogP contribution in [0.4, 0.5) is 0 Å². The second-order valence-electron chi connectivity index (χ2n) is 3.09.